The summed E-state index contributed by atoms with van der Waals surface area (Å²) in [6.07, 6.45) is 2.16. The molecule has 0 saturated carbocycles. The minimum absolute atomic E-state index is 0.107. The number of hydrogen-bond donors (Lipinski definition) is 1. The second kappa shape index (κ2) is 10.0. The highest BCUT2D eigenvalue weighted by Crippen LogP contribution is 2.37. The molecule has 2 heterocycles. The van der Waals surface area contributed by atoms with E-state index in [1.54, 1.807) is 23.1 Å². The predicted molar refractivity (Wildman–Crippen MR) is 124 cm³/mol. The highest BCUT2D eigenvalue weighted by molar-refractivity contribution is 8.18. The normalized spacial score (nSPS) is 16.6. The van der Waals surface area contributed by atoms with Gasteiger partial charge in [-0.15, -0.1) is 0 Å². The summed E-state index contributed by atoms with van der Waals surface area (Å²) in [4.78, 5) is 52.0. The van der Waals surface area contributed by atoms with Crippen molar-refractivity contribution in [1.82, 2.24) is 9.80 Å². The maximum atomic E-state index is 12.9. The highest BCUT2D eigenvalue weighted by atomic mass is 32.2. The van der Waals surface area contributed by atoms with E-state index in [0.29, 0.717) is 30.4 Å². The Kier molecular flexibility index (Phi) is 6.87. The van der Waals surface area contributed by atoms with Gasteiger partial charge < -0.3 is 19.5 Å². The average molecular weight is 483 g/mol. The first-order valence-electron chi connectivity index (χ1n) is 10.5. The van der Waals surface area contributed by atoms with Crippen molar-refractivity contribution in [2.75, 3.05) is 26.8 Å². The van der Waals surface area contributed by atoms with Gasteiger partial charge in [0.05, 0.1) is 12.0 Å². The molecule has 0 aliphatic carbocycles. The Hall–Kier alpha value is -3.79. The summed E-state index contributed by atoms with van der Waals surface area (Å²) >= 11 is 0.715. The monoisotopic (exact) mass is 482 g/mol. The molecule has 0 aromatic heterocycles. The van der Waals surface area contributed by atoms with Gasteiger partial charge in [0.2, 0.25) is 5.91 Å². The number of fused-ring (bicyclic) bond motifs is 1. The molecule has 9 nitrogen and oxygen atoms in total. The van der Waals surface area contributed by atoms with Crippen molar-refractivity contribution >= 4 is 40.9 Å². The van der Waals surface area contributed by atoms with E-state index < -0.39 is 23.7 Å². The molecule has 1 N–H and O–H groups in total. The zero-order valence-electron chi connectivity index (χ0n) is 18.4. The fraction of sp³-hybridized carbons (Fsp3) is 0.250. The van der Waals surface area contributed by atoms with Crippen molar-refractivity contribution in [3.63, 3.8) is 0 Å². The smallest absolute Gasteiger partial charge is 0.341 e. The summed E-state index contributed by atoms with van der Waals surface area (Å²) in [6, 6.07) is 12.7. The lowest BCUT2D eigenvalue weighted by molar-refractivity contribution is -0.139. The van der Waals surface area contributed by atoms with E-state index in [1.165, 1.54) is 18.7 Å². The van der Waals surface area contributed by atoms with Crippen LogP contribution in [0.25, 0.3) is 6.08 Å². The summed E-state index contributed by atoms with van der Waals surface area (Å²) in [7, 11) is 1.41. The molecule has 3 amide bonds. The number of methoxy groups -OCH3 is 1. The third-order valence-corrected chi connectivity index (χ3v) is 6.41. The van der Waals surface area contributed by atoms with Gasteiger partial charge in [-0.3, -0.25) is 19.3 Å². The van der Waals surface area contributed by atoms with E-state index in [-0.39, 0.29) is 28.9 Å². The minimum atomic E-state index is -1.17. The van der Waals surface area contributed by atoms with Crippen molar-refractivity contribution in [2.45, 2.75) is 13.0 Å². The van der Waals surface area contributed by atoms with E-state index in [1.807, 2.05) is 24.3 Å². The topological polar surface area (TPSA) is 113 Å². The summed E-state index contributed by atoms with van der Waals surface area (Å²) in [5.41, 5.74) is 2.63. The van der Waals surface area contributed by atoms with Gasteiger partial charge in [-0.25, -0.2) is 4.79 Å². The van der Waals surface area contributed by atoms with Crippen LogP contribution in [0.15, 0.2) is 47.4 Å². The molecular weight excluding hydrogens is 460 g/mol. The maximum Gasteiger partial charge on any atom is 0.341 e. The number of ether oxygens (including phenoxy) is 2. The minimum Gasteiger partial charge on any atom is -0.493 e. The van der Waals surface area contributed by atoms with Crippen LogP contribution in [0, 0.1) is 0 Å². The molecule has 1 saturated heterocycles. The van der Waals surface area contributed by atoms with Crippen LogP contribution in [0.2, 0.25) is 0 Å². The van der Waals surface area contributed by atoms with Gasteiger partial charge in [0.1, 0.15) is 6.54 Å². The van der Waals surface area contributed by atoms with Crippen LogP contribution in [0.1, 0.15) is 16.7 Å². The fourth-order valence-electron chi connectivity index (χ4n) is 3.82. The molecule has 0 radical (unpaired) electrons. The molecule has 1 fully saturated rings. The van der Waals surface area contributed by atoms with Crippen LogP contribution in [-0.4, -0.2) is 64.7 Å². The van der Waals surface area contributed by atoms with Gasteiger partial charge in [0, 0.05) is 18.7 Å². The summed E-state index contributed by atoms with van der Waals surface area (Å²) in [6.45, 7) is 0.0198. The molecule has 2 aliphatic rings. The molecule has 176 valence electrons. The average Bonchev–Trinajstić information content (AvgIpc) is 3.09. The largest absolute Gasteiger partial charge is 0.493 e. The van der Waals surface area contributed by atoms with E-state index >= 15 is 0 Å². The summed E-state index contributed by atoms with van der Waals surface area (Å²) < 4.78 is 10.6. The number of hydrogen-bond acceptors (Lipinski definition) is 7. The van der Waals surface area contributed by atoms with Crippen LogP contribution < -0.4 is 9.47 Å². The number of carboxylic acid groups (broad SMARTS) is 1. The number of amides is 3. The SMILES string of the molecule is COc1cccc(/C=C2\SC(=O)N(CC(=O)N3CCc4ccccc4C3)C2=O)c1OCC(=O)O. The molecule has 2 aromatic carbocycles. The van der Waals surface area contributed by atoms with Crippen LogP contribution in [0.5, 0.6) is 11.5 Å². The van der Waals surface area contributed by atoms with Gasteiger partial charge >= 0.3 is 5.97 Å². The standard InChI is InChI=1S/C24H22N2O7S/c1-32-18-8-4-7-16(22(18)33-14-21(28)29)11-19-23(30)26(24(31)34-19)13-20(27)25-10-9-15-5-2-3-6-17(15)12-25/h2-8,11H,9-10,12-14H2,1H3,(H,28,29)/b19-11-. The Morgan fingerprint density at radius 1 is 1.12 bits per heavy atom. The number of aliphatic carboxylic acids is 1. The number of benzene rings is 2. The summed E-state index contributed by atoms with van der Waals surface area (Å²) in [5.74, 6) is -1.63. The number of thioether (sulfide) groups is 1. The molecule has 10 heteroatoms. The number of rotatable bonds is 7. The van der Waals surface area contributed by atoms with Gasteiger partial charge in [-0.05, 0) is 41.5 Å². The van der Waals surface area contributed by atoms with Crippen LogP contribution in [-0.2, 0) is 27.3 Å². The Morgan fingerprint density at radius 2 is 1.88 bits per heavy atom. The lowest BCUT2D eigenvalue weighted by Gasteiger charge is -2.29. The lowest BCUT2D eigenvalue weighted by Crippen LogP contribution is -2.44. The van der Waals surface area contributed by atoms with Gasteiger partial charge in [0.25, 0.3) is 11.1 Å². The number of carbonyl (C=O) groups is 4. The first-order chi connectivity index (χ1) is 16.4. The number of nitrogens with zero attached hydrogens (tertiary/aromatic N) is 2. The third kappa shape index (κ3) is 4.91. The number of carbonyl (C=O) groups excluding carboxylic acids is 3. The highest BCUT2D eigenvalue weighted by Gasteiger charge is 2.37. The Labute approximate surface area is 199 Å². The Bertz CT molecular complexity index is 1190. The first-order valence-corrected chi connectivity index (χ1v) is 11.3. The quantitative estimate of drug-likeness (QED) is 0.600. The molecule has 0 unspecified atom stereocenters. The number of carboxylic acids is 1. The van der Waals surface area contributed by atoms with Crippen LogP contribution in [0.4, 0.5) is 4.79 Å². The second-order valence-electron chi connectivity index (χ2n) is 7.66. The molecule has 0 spiro atoms. The number of para-hydroxylation sites is 1. The molecule has 4 rings (SSSR count). The molecule has 0 atom stereocenters. The second-order valence-corrected chi connectivity index (χ2v) is 8.66. The molecule has 0 bridgehead atoms. The third-order valence-electron chi connectivity index (χ3n) is 5.51. The van der Waals surface area contributed by atoms with E-state index in [2.05, 4.69) is 0 Å². The lowest BCUT2D eigenvalue weighted by atomic mass is 10.00. The molecular formula is C24H22N2O7S. The van der Waals surface area contributed by atoms with Crippen molar-refractivity contribution in [3.05, 3.63) is 64.1 Å². The molecule has 34 heavy (non-hydrogen) atoms. The van der Waals surface area contributed by atoms with Crippen molar-refractivity contribution in [1.29, 1.82) is 0 Å². The van der Waals surface area contributed by atoms with Gasteiger partial charge in [0.15, 0.2) is 18.1 Å². The zero-order valence-corrected chi connectivity index (χ0v) is 19.2. The van der Waals surface area contributed by atoms with Crippen molar-refractivity contribution in [2.24, 2.45) is 0 Å². The van der Waals surface area contributed by atoms with Gasteiger partial charge in [-0.1, -0.05) is 36.4 Å². The Morgan fingerprint density at radius 3 is 2.62 bits per heavy atom. The maximum absolute atomic E-state index is 12.9. The van der Waals surface area contributed by atoms with E-state index in [4.69, 9.17) is 14.6 Å². The van der Waals surface area contributed by atoms with Crippen LogP contribution in [0.3, 0.4) is 0 Å². The summed E-state index contributed by atoms with van der Waals surface area (Å²) in [5, 5.41) is 8.40. The number of imide groups is 1. The van der Waals surface area contributed by atoms with Crippen molar-refractivity contribution in [3.8, 4) is 11.5 Å². The van der Waals surface area contributed by atoms with E-state index in [9.17, 15) is 19.2 Å². The van der Waals surface area contributed by atoms with Gasteiger partial charge in [-0.2, -0.15) is 0 Å². The Balaban J connectivity index is 1.50. The molecule has 2 aliphatic heterocycles. The van der Waals surface area contributed by atoms with E-state index in [0.717, 1.165) is 16.9 Å². The zero-order chi connectivity index (χ0) is 24.2. The van der Waals surface area contributed by atoms with Crippen molar-refractivity contribution < 1.29 is 33.8 Å². The predicted octanol–water partition coefficient (Wildman–Crippen LogP) is 2.78. The van der Waals surface area contributed by atoms with Crippen LogP contribution >= 0.6 is 11.8 Å². The first kappa shape index (κ1) is 23.4. The molecule has 2 aromatic rings. The fourth-order valence-corrected chi connectivity index (χ4v) is 4.65.